The Balaban J connectivity index is 0.000000518. The van der Waals surface area contributed by atoms with Crippen molar-refractivity contribution in [2.75, 3.05) is 6.61 Å². The Morgan fingerprint density at radius 3 is 2.18 bits per heavy atom. The monoisotopic (exact) mass is 360 g/mol. The van der Waals surface area contributed by atoms with Crippen LogP contribution in [0, 0.1) is 0 Å². The van der Waals surface area contributed by atoms with Gasteiger partial charge in [-0.05, 0) is 12.1 Å². The summed E-state index contributed by atoms with van der Waals surface area (Å²) in [7, 11) is -5.80. The Labute approximate surface area is 131 Å². The molecule has 1 rings (SSSR count). The summed E-state index contributed by atoms with van der Waals surface area (Å²) in [5.74, 6) is -0.808. The number of hydrogen-bond donors (Lipinski definition) is 2. The number of benzene rings is 1. The summed E-state index contributed by atoms with van der Waals surface area (Å²) in [6, 6.07) is 9.79. The summed E-state index contributed by atoms with van der Waals surface area (Å²) in [6.07, 6.45) is -4.15. The molecule has 126 valence electrons. The zero-order valence-corrected chi connectivity index (χ0v) is 13.2. The highest BCUT2D eigenvalue weighted by molar-refractivity contribution is 7.86. The average Bonchev–Trinajstić information content (AvgIpc) is 2.38. The summed E-state index contributed by atoms with van der Waals surface area (Å²) in [6.45, 7) is 0.287. The molecule has 1 aromatic carbocycles. The van der Waals surface area contributed by atoms with Gasteiger partial charge in [0.2, 0.25) is 0 Å². The van der Waals surface area contributed by atoms with Crippen molar-refractivity contribution in [3.8, 4) is 0 Å². The fourth-order valence-electron chi connectivity index (χ4n) is 1.06. The average molecular weight is 360 g/mol. The second kappa shape index (κ2) is 9.01. The number of alkyl halides is 3. The van der Waals surface area contributed by atoms with E-state index in [4.69, 9.17) is 4.55 Å². The number of carbonyl (C=O) groups is 1. The third kappa shape index (κ3) is 7.66. The van der Waals surface area contributed by atoms with E-state index in [1.54, 1.807) is 0 Å². The molecule has 1 atom stereocenters. The summed E-state index contributed by atoms with van der Waals surface area (Å²) in [5.41, 5.74) is 0. The molecule has 0 saturated heterocycles. The molecule has 0 aromatic heterocycles. The van der Waals surface area contributed by atoms with E-state index >= 15 is 0 Å². The second-order valence-corrected chi connectivity index (χ2v) is 5.98. The predicted octanol–water partition coefficient (Wildman–Crippen LogP) is 2.73. The van der Waals surface area contributed by atoms with Gasteiger partial charge in [0.1, 0.15) is 0 Å². The van der Waals surface area contributed by atoms with Crippen molar-refractivity contribution in [2.24, 2.45) is 0 Å². The predicted molar refractivity (Wildman–Crippen MR) is 76.3 cm³/mol. The Kier molecular flexibility index (Phi) is 8.49. The van der Waals surface area contributed by atoms with Gasteiger partial charge in [0, 0.05) is 18.2 Å². The van der Waals surface area contributed by atoms with Crippen LogP contribution in [0.5, 0.6) is 0 Å². The van der Waals surface area contributed by atoms with Gasteiger partial charge < -0.3 is 4.74 Å². The lowest BCUT2D eigenvalue weighted by Crippen LogP contribution is -2.39. The molecule has 0 bridgehead atoms. The summed E-state index contributed by atoms with van der Waals surface area (Å²) in [4.78, 5) is 11.2. The molecule has 0 spiro atoms. The summed E-state index contributed by atoms with van der Waals surface area (Å²) >= 11 is 4.08. The Morgan fingerprint density at radius 1 is 1.36 bits per heavy atom. The highest BCUT2D eigenvalue weighted by Crippen LogP contribution is 2.29. The molecule has 22 heavy (non-hydrogen) atoms. The highest BCUT2D eigenvalue weighted by Gasteiger charge is 2.52. The first-order chi connectivity index (χ1) is 9.98. The van der Waals surface area contributed by atoms with Gasteiger partial charge in [-0.1, -0.05) is 18.2 Å². The fourth-order valence-corrected chi connectivity index (χ4v) is 1.68. The molecule has 1 N–H and O–H groups in total. The zero-order valence-electron chi connectivity index (χ0n) is 11.4. The van der Waals surface area contributed by atoms with E-state index in [2.05, 4.69) is 17.4 Å². The highest BCUT2D eigenvalue weighted by atomic mass is 32.2. The van der Waals surface area contributed by atoms with Crippen LogP contribution in [0.4, 0.5) is 13.2 Å². The van der Waals surface area contributed by atoms with Crippen molar-refractivity contribution in [1.29, 1.82) is 0 Å². The molecule has 0 heterocycles. The lowest BCUT2D eigenvalue weighted by molar-refractivity contribution is -0.142. The maximum Gasteiger partial charge on any atom is 0.400 e. The standard InChI is InChI=1S/C6H9F3O5S.C6H6S/c1-4(10)14-3-2-5(7)6(8,9)15(11,12)13;7-6-4-2-1-3-5-6/h5H,2-3H2,1H3,(H,11,12,13);1-5,7H. The van der Waals surface area contributed by atoms with Gasteiger partial charge >= 0.3 is 21.3 Å². The largest absolute Gasteiger partial charge is 0.466 e. The van der Waals surface area contributed by atoms with Crippen molar-refractivity contribution in [2.45, 2.75) is 29.7 Å². The van der Waals surface area contributed by atoms with Crippen LogP contribution in [0.15, 0.2) is 35.2 Å². The van der Waals surface area contributed by atoms with Crippen LogP contribution in [-0.4, -0.2) is 37.0 Å². The smallest absolute Gasteiger partial charge is 0.400 e. The van der Waals surface area contributed by atoms with Crippen molar-refractivity contribution in [1.82, 2.24) is 0 Å². The first-order valence-corrected chi connectivity index (χ1v) is 7.73. The molecule has 0 aliphatic rings. The molecule has 0 saturated carbocycles. The Hall–Kier alpha value is -1.26. The van der Waals surface area contributed by atoms with E-state index in [1.165, 1.54) is 0 Å². The molecular formula is C12H15F3O5S2. The molecule has 0 aliphatic carbocycles. The quantitative estimate of drug-likeness (QED) is 0.479. The third-order valence-corrected chi connectivity index (χ3v) is 3.38. The minimum Gasteiger partial charge on any atom is -0.466 e. The van der Waals surface area contributed by atoms with Crippen LogP contribution in [0.1, 0.15) is 13.3 Å². The first kappa shape index (κ1) is 20.7. The van der Waals surface area contributed by atoms with E-state index in [0.29, 0.717) is 0 Å². The van der Waals surface area contributed by atoms with E-state index in [-0.39, 0.29) is 0 Å². The molecule has 1 aromatic rings. The molecule has 1 unspecified atom stereocenters. The van der Waals surface area contributed by atoms with Gasteiger partial charge in [0.05, 0.1) is 6.61 Å². The second-order valence-electron chi connectivity index (χ2n) is 3.97. The molecule has 0 aliphatic heterocycles. The molecule has 0 fully saturated rings. The van der Waals surface area contributed by atoms with Crippen LogP contribution in [0.25, 0.3) is 0 Å². The first-order valence-electron chi connectivity index (χ1n) is 5.84. The van der Waals surface area contributed by atoms with E-state index in [1.807, 2.05) is 30.3 Å². The molecular weight excluding hydrogens is 345 g/mol. The SMILES string of the molecule is CC(=O)OCCC(F)C(F)(F)S(=O)(=O)O.Sc1ccccc1. The van der Waals surface area contributed by atoms with Gasteiger partial charge in [-0.2, -0.15) is 17.2 Å². The van der Waals surface area contributed by atoms with Gasteiger partial charge in [0.15, 0.2) is 6.17 Å². The lowest BCUT2D eigenvalue weighted by atomic mass is 10.3. The number of carbonyl (C=O) groups excluding carboxylic acids is 1. The van der Waals surface area contributed by atoms with E-state index in [0.717, 1.165) is 11.8 Å². The summed E-state index contributed by atoms with van der Waals surface area (Å²) < 4.78 is 69.9. The number of ether oxygens (including phenoxy) is 1. The lowest BCUT2D eigenvalue weighted by Gasteiger charge is -2.16. The van der Waals surface area contributed by atoms with E-state index < -0.39 is 40.5 Å². The third-order valence-electron chi connectivity index (χ3n) is 2.14. The fraction of sp³-hybridized carbons (Fsp3) is 0.417. The maximum atomic E-state index is 12.6. The van der Waals surface area contributed by atoms with Crippen LogP contribution >= 0.6 is 12.6 Å². The number of halogens is 3. The van der Waals surface area contributed by atoms with Gasteiger partial charge in [0.25, 0.3) is 0 Å². The summed E-state index contributed by atoms with van der Waals surface area (Å²) in [5, 5.41) is -4.90. The van der Waals surface area contributed by atoms with Gasteiger partial charge in [-0.15, -0.1) is 12.6 Å². The van der Waals surface area contributed by atoms with Crippen LogP contribution in [-0.2, 0) is 19.6 Å². The number of hydrogen-bond acceptors (Lipinski definition) is 5. The van der Waals surface area contributed by atoms with Gasteiger partial charge in [-0.3, -0.25) is 9.35 Å². The van der Waals surface area contributed by atoms with Gasteiger partial charge in [-0.25, -0.2) is 4.39 Å². The molecule has 5 nitrogen and oxygen atoms in total. The minimum absolute atomic E-state index is 0.693. The van der Waals surface area contributed by atoms with Crippen molar-refractivity contribution < 1.29 is 35.7 Å². The molecule has 0 radical (unpaired) electrons. The maximum absolute atomic E-state index is 12.6. The number of rotatable bonds is 5. The normalized spacial score (nSPS) is 12.8. The molecule has 0 amide bonds. The van der Waals surface area contributed by atoms with Crippen LogP contribution < -0.4 is 0 Å². The zero-order chi connectivity index (χ0) is 17.4. The number of thiol groups is 1. The van der Waals surface area contributed by atoms with Crippen LogP contribution in [0.2, 0.25) is 0 Å². The van der Waals surface area contributed by atoms with E-state index in [9.17, 15) is 26.4 Å². The van der Waals surface area contributed by atoms with Crippen molar-refractivity contribution in [3.05, 3.63) is 30.3 Å². The minimum atomic E-state index is -5.80. The van der Waals surface area contributed by atoms with Crippen LogP contribution in [0.3, 0.4) is 0 Å². The molecule has 10 heteroatoms. The van der Waals surface area contributed by atoms with Crippen molar-refractivity contribution >= 4 is 28.7 Å². The topological polar surface area (TPSA) is 80.7 Å². The van der Waals surface area contributed by atoms with Crippen molar-refractivity contribution in [3.63, 3.8) is 0 Å². The Morgan fingerprint density at radius 2 is 1.86 bits per heavy atom. The Bertz CT molecular complexity index is 563. The number of esters is 1.